The maximum Gasteiger partial charge on any atom is 0.416 e. The van der Waals surface area contributed by atoms with Crippen LogP contribution >= 0.6 is 12.4 Å². The Labute approximate surface area is 218 Å². The minimum Gasteiger partial charge on any atom is -0.351 e. The van der Waals surface area contributed by atoms with Gasteiger partial charge in [0.15, 0.2) is 5.82 Å². The van der Waals surface area contributed by atoms with Crippen LogP contribution in [0.25, 0.3) is 22.0 Å². The summed E-state index contributed by atoms with van der Waals surface area (Å²) in [6, 6.07) is 21.9. The summed E-state index contributed by atoms with van der Waals surface area (Å²) in [5.41, 5.74) is 1.37. The van der Waals surface area contributed by atoms with Crippen molar-refractivity contribution < 1.29 is 18.0 Å². The molecule has 1 aromatic heterocycles. The zero-order chi connectivity index (χ0) is 25.3. The summed E-state index contributed by atoms with van der Waals surface area (Å²) in [6.45, 7) is 3.47. The number of nitrogens with zero attached hydrogens (tertiary/aromatic N) is 4. The number of amides is 2. The first kappa shape index (κ1) is 26.2. The van der Waals surface area contributed by atoms with Crippen molar-refractivity contribution in [2.75, 3.05) is 29.9 Å². The number of carbonyl (C=O) groups excluding carboxylic acids is 1. The Morgan fingerprint density at radius 3 is 2.19 bits per heavy atom. The number of hydrogen-bond acceptors (Lipinski definition) is 4. The van der Waals surface area contributed by atoms with Gasteiger partial charge in [0.05, 0.1) is 5.56 Å². The molecule has 1 atom stereocenters. The van der Waals surface area contributed by atoms with E-state index in [2.05, 4.69) is 20.4 Å². The topological polar surface area (TPSA) is 61.4 Å². The highest BCUT2D eigenvalue weighted by Crippen LogP contribution is 2.33. The molecule has 37 heavy (non-hydrogen) atoms. The van der Waals surface area contributed by atoms with Gasteiger partial charge in [-0.15, -0.1) is 22.6 Å². The lowest BCUT2D eigenvalue weighted by atomic mass is 10.0. The number of fused-ring (bicyclic) bond motifs is 1. The molecule has 192 valence electrons. The highest BCUT2D eigenvalue weighted by Gasteiger charge is 2.31. The quantitative estimate of drug-likeness (QED) is 0.331. The maximum absolute atomic E-state index is 12.9. The molecule has 10 heteroatoms. The van der Waals surface area contributed by atoms with Crippen LogP contribution in [0, 0.1) is 0 Å². The number of urea groups is 1. The summed E-state index contributed by atoms with van der Waals surface area (Å²) in [4.78, 5) is 16.7. The predicted molar refractivity (Wildman–Crippen MR) is 141 cm³/mol. The lowest BCUT2D eigenvalue weighted by Gasteiger charge is -2.40. The normalized spacial score (nSPS) is 15.8. The molecule has 1 unspecified atom stereocenters. The highest BCUT2D eigenvalue weighted by atomic mass is 35.5. The van der Waals surface area contributed by atoms with Gasteiger partial charge in [-0.1, -0.05) is 54.6 Å². The summed E-state index contributed by atoms with van der Waals surface area (Å²) in [7, 11) is 0. The fourth-order valence-electron chi connectivity index (χ4n) is 4.52. The molecule has 5 rings (SSSR count). The van der Waals surface area contributed by atoms with Gasteiger partial charge in [-0.25, -0.2) is 4.79 Å². The number of nitrogens with one attached hydrogen (secondary N) is 1. The van der Waals surface area contributed by atoms with E-state index in [1.165, 1.54) is 12.1 Å². The Balaban J connectivity index is 0.00000320. The smallest absolute Gasteiger partial charge is 0.351 e. The van der Waals surface area contributed by atoms with Crippen molar-refractivity contribution in [1.82, 2.24) is 15.1 Å². The van der Waals surface area contributed by atoms with Crippen LogP contribution < -0.4 is 10.2 Å². The first-order valence-electron chi connectivity index (χ1n) is 11.6. The minimum atomic E-state index is -4.42. The molecule has 0 saturated carbocycles. The number of carbonyl (C=O) groups is 1. The molecule has 1 fully saturated rings. The van der Waals surface area contributed by atoms with Gasteiger partial charge in [0.25, 0.3) is 0 Å². The van der Waals surface area contributed by atoms with E-state index in [0.717, 1.165) is 40.0 Å². The van der Waals surface area contributed by atoms with Crippen molar-refractivity contribution in [2.45, 2.75) is 19.1 Å². The van der Waals surface area contributed by atoms with Crippen LogP contribution in [0.15, 0.2) is 78.9 Å². The van der Waals surface area contributed by atoms with Crippen molar-refractivity contribution in [1.29, 1.82) is 0 Å². The molecule has 2 amide bonds. The summed E-state index contributed by atoms with van der Waals surface area (Å²) in [5, 5.41) is 13.8. The SMILES string of the molecule is CC1CN(c2nnc(-c3ccccc3)c3ccccc23)CCN1C(=O)Nc1ccc(C(F)(F)F)cc1.Cl. The van der Waals surface area contributed by atoms with Gasteiger partial charge in [0.2, 0.25) is 0 Å². The van der Waals surface area contributed by atoms with Crippen LogP contribution in [0.3, 0.4) is 0 Å². The fraction of sp³-hybridized carbons (Fsp3) is 0.222. The van der Waals surface area contributed by atoms with Crippen molar-refractivity contribution in [3.05, 3.63) is 84.4 Å². The van der Waals surface area contributed by atoms with E-state index in [4.69, 9.17) is 0 Å². The van der Waals surface area contributed by atoms with Gasteiger partial charge in [-0.2, -0.15) is 13.2 Å². The molecule has 0 aliphatic carbocycles. The molecule has 0 spiro atoms. The van der Waals surface area contributed by atoms with Gasteiger partial charge in [0.1, 0.15) is 5.69 Å². The first-order valence-corrected chi connectivity index (χ1v) is 11.6. The average Bonchev–Trinajstić information content (AvgIpc) is 2.88. The van der Waals surface area contributed by atoms with E-state index < -0.39 is 11.7 Å². The second kappa shape index (κ2) is 10.6. The Kier molecular flexibility index (Phi) is 7.54. The van der Waals surface area contributed by atoms with Gasteiger partial charge >= 0.3 is 12.2 Å². The third-order valence-electron chi connectivity index (χ3n) is 6.37. The molecule has 6 nitrogen and oxygen atoms in total. The monoisotopic (exact) mass is 527 g/mol. The molecule has 4 aromatic rings. The van der Waals surface area contributed by atoms with Gasteiger partial charge < -0.3 is 15.1 Å². The van der Waals surface area contributed by atoms with E-state index in [0.29, 0.717) is 25.3 Å². The van der Waals surface area contributed by atoms with Crippen LogP contribution in [0.1, 0.15) is 12.5 Å². The van der Waals surface area contributed by atoms with Crippen molar-refractivity contribution in [2.24, 2.45) is 0 Å². The predicted octanol–water partition coefficient (Wildman–Crippen LogP) is 6.48. The fourth-order valence-corrected chi connectivity index (χ4v) is 4.52. The molecule has 3 aromatic carbocycles. The van der Waals surface area contributed by atoms with E-state index in [9.17, 15) is 18.0 Å². The number of anilines is 2. The minimum absolute atomic E-state index is 0. The van der Waals surface area contributed by atoms with E-state index in [1.54, 1.807) is 4.90 Å². The average molecular weight is 528 g/mol. The lowest BCUT2D eigenvalue weighted by Crippen LogP contribution is -2.55. The Hall–Kier alpha value is -3.85. The van der Waals surface area contributed by atoms with Crippen LogP contribution in [-0.4, -0.2) is 46.8 Å². The van der Waals surface area contributed by atoms with Crippen LogP contribution in [-0.2, 0) is 6.18 Å². The van der Waals surface area contributed by atoms with Crippen molar-refractivity contribution in [3.8, 4) is 11.3 Å². The van der Waals surface area contributed by atoms with Crippen molar-refractivity contribution in [3.63, 3.8) is 0 Å². The molecule has 2 heterocycles. The number of piperazine rings is 1. The van der Waals surface area contributed by atoms with E-state index in [-0.39, 0.29) is 24.5 Å². The zero-order valence-electron chi connectivity index (χ0n) is 19.9. The van der Waals surface area contributed by atoms with Crippen molar-refractivity contribution >= 4 is 40.7 Å². The molecule has 0 bridgehead atoms. The third kappa shape index (κ3) is 5.46. The molecule has 1 saturated heterocycles. The number of aromatic nitrogens is 2. The van der Waals surface area contributed by atoms with E-state index >= 15 is 0 Å². The highest BCUT2D eigenvalue weighted by molar-refractivity contribution is 6.00. The van der Waals surface area contributed by atoms with Crippen LogP contribution in [0.5, 0.6) is 0 Å². The zero-order valence-corrected chi connectivity index (χ0v) is 20.8. The largest absolute Gasteiger partial charge is 0.416 e. The Bertz CT molecular complexity index is 1380. The maximum atomic E-state index is 12.9. The number of benzene rings is 3. The lowest BCUT2D eigenvalue weighted by molar-refractivity contribution is -0.137. The summed E-state index contributed by atoms with van der Waals surface area (Å²) >= 11 is 0. The van der Waals surface area contributed by atoms with Gasteiger partial charge in [-0.05, 0) is 31.2 Å². The Morgan fingerprint density at radius 1 is 0.892 bits per heavy atom. The second-order valence-corrected chi connectivity index (χ2v) is 8.78. The standard InChI is InChI=1S/C27H24F3N5O.ClH/c1-18-17-34(15-16-35(18)26(36)31-21-13-11-20(12-14-21)27(28,29)30)25-23-10-6-5-9-22(23)24(32-33-25)19-7-3-2-4-8-19;/h2-14,18H,15-17H2,1H3,(H,31,36);1H. The summed E-state index contributed by atoms with van der Waals surface area (Å²) < 4.78 is 38.4. The van der Waals surface area contributed by atoms with Gasteiger partial charge in [-0.3, -0.25) is 0 Å². The summed E-state index contributed by atoms with van der Waals surface area (Å²) in [6.07, 6.45) is -4.42. The molecular formula is C27H25ClF3N5O. The van der Waals surface area contributed by atoms with Crippen LogP contribution in [0.2, 0.25) is 0 Å². The third-order valence-corrected chi connectivity index (χ3v) is 6.37. The summed E-state index contributed by atoms with van der Waals surface area (Å²) in [5.74, 6) is 0.764. The molecule has 1 aliphatic heterocycles. The number of rotatable bonds is 3. The molecule has 1 aliphatic rings. The first-order chi connectivity index (χ1) is 17.3. The number of hydrogen-bond donors (Lipinski definition) is 1. The van der Waals surface area contributed by atoms with Gasteiger partial charge in [0, 0.05) is 47.7 Å². The molecular weight excluding hydrogens is 503 g/mol. The number of alkyl halides is 3. The Morgan fingerprint density at radius 2 is 1.54 bits per heavy atom. The second-order valence-electron chi connectivity index (χ2n) is 8.78. The molecule has 1 N–H and O–H groups in total. The van der Waals surface area contributed by atoms with Crippen LogP contribution in [0.4, 0.5) is 29.5 Å². The molecule has 0 radical (unpaired) electrons. The van der Waals surface area contributed by atoms with E-state index in [1.807, 2.05) is 61.5 Å². The number of halogens is 4.